The standard InChI is InChI=1S/C21H24N2O2S/c24-13-11-16-4-3-12-23(14-16)15-17-7-9-18(10-8-17)25-21-22-19-5-1-2-6-20(19)26-21/h1-2,5-10,16,24H,3-4,11-15H2. The van der Waals surface area contributed by atoms with Crippen molar-refractivity contribution in [1.29, 1.82) is 0 Å². The number of hydrogen-bond acceptors (Lipinski definition) is 5. The second-order valence-electron chi connectivity index (χ2n) is 6.95. The normalized spacial score (nSPS) is 18.3. The highest BCUT2D eigenvalue weighted by Gasteiger charge is 2.19. The molecule has 1 aliphatic heterocycles. The average Bonchev–Trinajstić information content (AvgIpc) is 3.06. The number of nitrogens with zero attached hydrogens (tertiary/aromatic N) is 2. The molecular weight excluding hydrogens is 344 g/mol. The number of aliphatic hydroxyl groups is 1. The van der Waals surface area contributed by atoms with Crippen LogP contribution in [0.4, 0.5) is 0 Å². The molecule has 0 amide bonds. The molecule has 4 rings (SSSR count). The maximum absolute atomic E-state index is 9.16. The highest BCUT2D eigenvalue weighted by Crippen LogP contribution is 2.31. The first-order valence-corrected chi connectivity index (χ1v) is 10.1. The highest BCUT2D eigenvalue weighted by atomic mass is 32.1. The number of benzene rings is 2. The second kappa shape index (κ2) is 8.16. The third-order valence-electron chi connectivity index (χ3n) is 4.95. The maximum Gasteiger partial charge on any atom is 0.279 e. The number of aromatic nitrogens is 1. The van der Waals surface area contributed by atoms with Gasteiger partial charge in [0.25, 0.3) is 5.19 Å². The minimum Gasteiger partial charge on any atom is -0.431 e. The van der Waals surface area contributed by atoms with Gasteiger partial charge in [-0.15, -0.1) is 0 Å². The van der Waals surface area contributed by atoms with E-state index in [0.717, 1.165) is 42.0 Å². The van der Waals surface area contributed by atoms with Crippen LogP contribution in [0.5, 0.6) is 10.9 Å². The molecule has 0 aliphatic carbocycles. The van der Waals surface area contributed by atoms with E-state index in [9.17, 15) is 0 Å². The summed E-state index contributed by atoms with van der Waals surface area (Å²) in [7, 11) is 0. The van der Waals surface area contributed by atoms with Gasteiger partial charge in [-0.2, -0.15) is 0 Å². The van der Waals surface area contributed by atoms with Crippen molar-refractivity contribution in [1.82, 2.24) is 9.88 Å². The Kier molecular flexibility index (Phi) is 5.48. The monoisotopic (exact) mass is 368 g/mol. The molecule has 0 radical (unpaired) electrons. The van der Waals surface area contributed by atoms with Crippen LogP contribution in [0.2, 0.25) is 0 Å². The predicted molar refractivity (Wildman–Crippen MR) is 106 cm³/mol. The molecule has 4 nitrogen and oxygen atoms in total. The van der Waals surface area contributed by atoms with Gasteiger partial charge in [-0.3, -0.25) is 4.90 Å². The van der Waals surface area contributed by atoms with Crippen LogP contribution < -0.4 is 4.74 Å². The number of piperidine rings is 1. The van der Waals surface area contributed by atoms with Gasteiger partial charge < -0.3 is 9.84 Å². The lowest BCUT2D eigenvalue weighted by molar-refractivity contribution is 0.142. The van der Waals surface area contributed by atoms with Crippen molar-refractivity contribution in [2.45, 2.75) is 25.8 Å². The summed E-state index contributed by atoms with van der Waals surface area (Å²) in [5.41, 5.74) is 2.28. The van der Waals surface area contributed by atoms with Crippen LogP contribution in [-0.2, 0) is 6.54 Å². The number of hydrogen-bond donors (Lipinski definition) is 1. The molecule has 26 heavy (non-hydrogen) atoms. The lowest BCUT2D eigenvalue weighted by atomic mass is 9.95. The van der Waals surface area contributed by atoms with E-state index in [2.05, 4.69) is 28.1 Å². The quantitative estimate of drug-likeness (QED) is 0.686. The SMILES string of the molecule is OCCC1CCCN(Cc2ccc(Oc3nc4ccccc4s3)cc2)C1. The first-order chi connectivity index (χ1) is 12.8. The van der Waals surface area contributed by atoms with Gasteiger partial charge in [-0.1, -0.05) is 35.6 Å². The van der Waals surface area contributed by atoms with Gasteiger partial charge in [-0.05, 0) is 61.6 Å². The summed E-state index contributed by atoms with van der Waals surface area (Å²) in [6, 6.07) is 16.4. The molecule has 1 aliphatic rings. The molecule has 1 atom stereocenters. The van der Waals surface area contributed by atoms with Gasteiger partial charge in [0, 0.05) is 19.7 Å². The molecule has 5 heteroatoms. The van der Waals surface area contributed by atoms with Crippen molar-refractivity contribution in [2.75, 3.05) is 19.7 Å². The van der Waals surface area contributed by atoms with Gasteiger partial charge in [0.2, 0.25) is 0 Å². The molecule has 1 saturated heterocycles. The number of likely N-dealkylation sites (tertiary alicyclic amines) is 1. The van der Waals surface area contributed by atoms with Crippen LogP contribution in [0, 0.1) is 5.92 Å². The van der Waals surface area contributed by atoms with Crippen molar-refractivity contribution < 1.29 is 9.84 Å². The Balaban J connectivity index is 1.37. The molecule has 2 heterocycles. The van der Waals surface area contributed by atoms with E-state index in [0.29, 0.717) is 17.7 Å². The van der Waals surface area contributed by atoms with Crippen LogP contribution in [0.25, 0.3) is 10.2 Å². The summed E-state index contributed by atoms with van der Waals surface area (Å²) in [6.45, 7) is 3.50. The third-order valence-corrected chi connectivity index (χ3v) is 5.86. The molecular formula is C21H24N2O2S. The van der Waals surface area contributed by atoms with E-state index in [1.165, 1.54) is 18.4 Å². The van der Waals surface area contributed by atoms with E-state index >= 15 is 0 Å². The zero-order valence-corrected chi connectivity index (χ0v) is 15.6. The molecule has 1 fully saturated rings. The smallest absolute Gasteiger partial charge is 0.279 e. The summed E-state index contributed by atoms with van der Waals surface area (Å²) < 4.78 is 7.06. The van der Waals surface area contributed by atoms with Crippen molar-refractivity contribution in [2.24, 2.45) is 5.92 Å². The molecule has 136 valence electrons. The Labute approximate surface area is 158 Å². The maximum atomic E-state index is 9.16. The van der Waals surface area contributed by atoms with Gasteiger partial charge in [0.15, 0.2) is 0 Å². The van der Waals surface area contributed by atoms with Crippen molar-refractivity contribution in [3.05, 3.63) is 54.1 Å². The number of para-hydroxylation sites is 1. The van der Waals surface area contributed by atoms with Gasteiger partial charge in [0.1, 0.15) is 5.75 Å². The van der Waals surface area contributed by atoms with Crippen molar-refractivity contribution >= 4 is 21.6 Å². The largest absolute Gasteiger partial charge is 0.431 e. The van der Waals surface area contributed by atoms with Gasteiger partial charge >= 0.3 is 0 Å². The van der Waals surface area contributed by atoms with Crippen LogP contribution >= 0.6 is 11.3 Å². The van der Waals surface area contributed by atoms with Gasteiger partial charge in [0.05, 0.1) is 10.2 Å². The Bertz CT molecular complexity index is 812. The zero-order valence-electron chi connectivity index (χ0n) is 14.8. The number of fused-ring (bicyclic) bond motifs is 1. The number of ether oxygens (including phenoxy) is 1. The minimum atomic E-state index is 0.302. The molecule has 0 bridgehead atoms. The Hall–Kier alpha value is -1.95. The van der Waals surface area contributed by atoms with Crippen molar-refractivity contribution in [3.8, 4) is 10.9 Å². The van der Waals surface area contributed by atoms with Gasteiger partial charge in [-0.25, -0.2) is 4.98 Å². The van der Waals surface area contributed by atoms with Crippen molar-refractivity contribution in [3.63, 3.8) is 0 Å². The van der Waals surface area contributed by atoms with Crippen LogP contribution in [0.1, 0.15) is 24.8 Å². The topological polar surface area (TPSA) is 45.6 Å². The fourth-order valence-corrected chi connectivity index (χ4v) is 4.46. The Morgan fingerprint density at radius 3 is 2.81 bits per heavy atom. The number of rotatable bonds is 6. The molecule has 0 spiro atoms. The van der Waals surface area contributed by atoms with E-state index in [-0.39, 0.29) is 0 Å². The summed E-state index contributed by atoms with van der Waals surface area (Å²) in [5, 5.41) is 9.84. The molecule has 1 aromatic heterocycles. The Morgan fingerprint density at radius 2 is 2.00 bits per heavy atom. The molecule has 1 unspecified atom stereocenters. The summed E-state index contributed by atoms with van der Waals surface area (Å²) in [5.74, 6) is 1.46. The van der Waals surface area contributed by atoms with Crippen LogP contribution in [0.15, 0.2) is 48.5 Å². The Morgan fingerprint density at radius 1 is 1.15 bits per heavy atom. The van der Waals surface area contributed by atoms with E-state index in [1.807, 2.05) is 30.3 Å². The lowest BCUT2D eigenvalue weighted by Crippen LogP contribution is -2.35. The third kappa shape index (κ3) is 4.23. The first-order valence-electron chi connectivity index (χ1n) is 9.26. The lowest BCUT2D eigenvalue weighted by Gasteiger charge is -2.32. The fraction of sp³-hybridized carbons (Fsp3) is 0.381. The molecule has 2 aromatic carbocycles. The first kappa shape index (κ1) is 17.5. The van der Waals surface area contributed by atoms with E-state index in [1.54, 1.807) is 11.3 Å². The molecule has 1 N–H and O–H groups in total. The predicted octanol–water partition coefficient (Wildman–Crippen LogP) is 4.68. The zero-order chi connectivity index (χ0) is 17.8. The molecule has 3 aromatic rings. The number of thiazole rings is 1. The fourth-order valence-electron chi connectivity index (χ4n) is 3.63. The summed E-state index contributed by atoms with van der Waals surface area (Å²) in [6.07, 6.45) is 3.39. The van der Waals surface area contributed by atoms with Crippen LogP contribution in [0.3, 0.4) is 0 Å². The summed E-state index contributed by atoms with van der Waals surface area (Å²) >= 11 is 1.57. The minimum absolute atomic E-state index is 0.302. The van der Waals surface area contributed by atoms with E-state index in [4.69, 9.17) is 9.84 Å². The number of aliphatic hydroxyl groups excluding tert-OH is 1. The van der Waals surface area contributed by atoms with E-state index < -0.39 is 0 Å². The van der Waals surface area contributed by atoms with Crippen LogP contribution in [-0.4, -0.2) is 34.7 Å². The summed E-state index contributed by atoms with van der Waals surface area (Å²) in [4.78, 5) is 7.01. The molecule has 0 saturated carbocycles. The average molecular weight is 369 g/mol. The highest BCUT2D eigenvalue weighted by molar-refractivity contribution is 7.20. The second-order valence-corrected chi connectivity index (χ2v) is 7.94.